The summed E-state index contributed by atoms with van der Waals surface area (Å²) in [6.07, 6.45) is 0.0977. The van der Waals surface area contributed by atoms with Crippen molar-refractivity contribution in [3.8, 4) is 5.75 Å². The van der Waals surface area contributed by atoms with Gasteiger partial charge >= 0.3 is 0 Å². The monoisotopic (exact) mass is 214 g/mol. The van der Waals surface area contributed by atoms with Crippen molar-refractivity contribution in [1.29, 1.82) is 5.41 Å². The molecule has 0 bridgehead atoms. The Labute approximate surface area is 90.2 Å². The van der Waals surface area contributed by atoms with Crippen LogP contribution in [0.2, 0.25) is 0 Å². The van der Waals surface area contributed by atoms with Crippen molar-refractivity contribution in [1.82, 2.24) is 0 Å². The maximum absolute atomic E-state index is 7.32. The van der Waals surface area contributed by atoms with E-state index in [2.05, 4.69) is 0 Å². The molecule has 1 aromatic rings. The van der Waals surface area contributed by atoms with Crippen molar-refractivity contribution in [2.45, 2.75) is 20.0 Å². The van der Waals surface area contributed by atoms with Gasteiger partial charge in [-0.2, -0.15) is 0 Å². The summed E-state index contributed by atoms with van der Waals surface area (Å²) in [5.41, 5.74) is 6.04. The number of hydrogen-bond acceptors (Lipinski definition) is 2. The quantitative estimate of drug-likeness (QED) is 0.599. The van der Waals surface area contributed by atoms with E-state index in [1.165, 1.54) is 0 Å². The second-order valence-electron chi connectivity index (χ2n) is 3.08. The van der Waals surface area contributed by atoms with Crippen LogP contribution in [0.15, 0.2) is 24.3 Å². The first kappa shape index (κ1) is 12.8. The standard InChI is InChI=1S/C10H14N2O.ClH/c1-7(2)13-9-6-4-3-5-8(9)10(11)12;/h3-7H,1-2H3,(H3,11,12);1H. The van der Waals surface area contributed by atoms with Gasteiger partial charge in [-0.15, -0.1) is 12.4 Å². The molecule has 1 aromatic carbocycles. The third kappa shape index (κ3) is 3.26. The molecule has 0 radical (unpaired) electrons. The fourth-order valence-corrected chi connectivity index (χ4v) is 1.05. The molecular weight excluding hydrogens is 200 g/mol. The molecular formula is C10H15ClN2O. The summed E-state index contributed by atoms with van der Waals surface area (Å²) in [5, 5.41) is 7.32. The lowest BCUT2D eigenvalue weighted by atomic mass is 10.2. The van der Waals surface area contributed by atoms with Gasteiger partial charge in [0, 0.05) is 0 Å². The molecule has 0 aliphatic heterocycles. The average Bonchev–Trinajstić information content (AvgIpc) is 2.03. The van der Waals surface area contributed by atoms with Gasteiger partial charge < -0.3 is 10.5 Å². The zero-order valence-electron chi connectivity index (χ0n) is 8.28. The molecule has 0 aliphatic rings. The van der Waals surface area contributed by atoms with Gasteiger partial charge in [-0.3, -0.25) is 5.41 Å². The Morgan fingerprint density at radius 1 is 1.36 bits per heavy atom. The summed E-state index contributed by atoms with van der Waals surface area (Å²) < 4.78 is 5.49. The Bertz CT molecular complexity index is 313. The van der Waals surface area contributed by atoms with E-state index in [9.17, 15) is 0 Å². The molecule has 0 atom stereocenters. The summed E-state index contributed by atoms with van der Waals surface area (Å²) in [4.78, 5) is 0. The van der Waals surface area contributed by atoms with Crippen molar-refractivity contribution in [2.24, 2.45) is 5.73 Å². The third-order valence-electron chi connectivity index (χ3n) is 1.54. The fraction of sp³-hybridized carbons (Fsp3) is 0.300. The number of benzene rings is 1. The minimum atomic E-state index is 0. The first-order valence-corrected chi connectivity index (χ1v) is 4.21. The van der Waals surface area contributed by atoms with Crippen LogP contribution in [-0.2, 0) is 0 Å². The van der Waals surface area contributed by atoms with E-state index in [4.69, 9.17) is 15.9 Å². The molecule has 4 heteroatoms. The Morgan fingerprint density at radius 3 is 2.43 bits per heavy atom. The molecule has 0 heterocycles. The van der Waals surface area contributed by atoms with Crippen LogP contribution < -0.4 is 10.5 Å². The third-order valence-corrected chi connectivity index (χ3v) is 1.54. The van der Waals surface area contributed by atoms with Crippen molar-refractivity contribution in [3.63, 3.8) is 0 Å². The minimum absolute atomic E-state index is 0. The van der Waals surface area contributed by atoms with Crippen LogP contribution in [-0.4, -0.2) is 11.9 Å². The van der Waals surface area contributed by atoms with E-state index >= 15 is 0 Å². The van der Waals surface area contributed by atoms with E-state index in [0.29, 0.717) is 11.3 Å². The summed E-state index contributed by atoms with van der Waals surface area (Å²) >= 11 is 0. The minimum Gasteiger partial charge on any atom is -0.490 e. The molecule has 3 nitrogen and oxygen atoms in total. The number of rotatable bonds is 3. The van der Waals surface area contributed by atoms with Gasteiger partial charge in [-0.05, 0) is 26.0 Å². The first-order chi connectivity index (χ1) is 6.11. The first-order valence-electron chi connectivity index (χ1n) is 4.21. The molecule has 0 saturated carbocycles. The van der Waals surface area contributed by atoms with E-state index in [-0.39, 0.29) is 24.3 Å². The largest absolute Gasteiger partial charge is 0.490 e. The van der Waals surface area contributed by atoms with Crippen molar-refractivity contribution in [2.75, 3.05) is 0 Å². The van der Waals surface area contributed by atoms with Gasteiger partial charge in [0.1, 0.15) is 11.6 Å². The molecule has 78 valence electrons. The Kier molecular flexibility index (Phi) is 5.02. The number of nitrogen functional groups attached to an aromatic ring is 1. The Balaban J connectivity index is 0.00000169. The highest BCUT2D eigenvalue weighted by Gasteiger charge is 2.06. The summed E-state index contributed by atoms with van der Waals surface area (Å²) in [6.45, 7) is 3.88. The van der Waals surface area contributed by atoms with Gasteiger partial charge in [-0.1, -0.05) is 12.1 Å². The fourth-order valence-electron chi connectivity index (χ4n) is 1.05. The van der Waals surface area contributed by atoms with Crippen LogP contribution >= 0.6 is 12.4 Å². The number of ether oxygens (including phenoxy) is 1. The lowest BCUT2D eigenvalue weighted by Gasteiger charge is -2.12. The molecule has 0 fully saturated rings. The summed E-state index contributed by atoms with van der Waals surface area (Å²) in [5.74, 6) is 0.709. The molecule has 14 heavy (non-hydrogen) atoms. The van der Waals surface area contributed by atoms with E-state index < -0.39 is 0 Å². The number of halogens is 1. The van der Waals surface area contributed by atoms with Gasteiger partial charge in [0.05, 0.1) is 11.7 Å². The van der Waals surface area contributed by atoms with Crippen LogP contribution in [0.5, 0.6) is 5.75 Å². The number of hydrogen-bond donors (Lipinski definition) is 2. The van der Waals surface area contributed by atoms with Crippen molar-refractivity contribution < 1.29 is 4.74 Å². The lowest BCUT2D eigenvalue weighted by Crippen LogP contribution is -2.15. The van der Waals surface area contributed by atoms with Gasteiger partial charge in [0.15, 0.2) is 0 Å². The maximum Gasteiger partial charge on any atom is 0.130 e. The SMILES string of the molecule is CC(C)Oc1ccccc1C(=N)N.Cl. The molecule has 1 rings (SSSR count). The number of amidine groups is 1. The predicted octanol–water partition coefficient (Wildman–Crippen LogP) is 2.18. The maximum atomic E-state index is 7.32. The van der Waals surface area contributed by atoms with E-state index in [1.807, 2.05) is 32.0 Å². The van der Waals surface area contributed by atoms with Crippen LogP contribution in [0.1, 0.15) is 19.4 Å². The Morgan fingerprint density at radius 2 is 1.93 bits per heavy atom. The van der Waals surface area contributed by atoms with Crippen LogP contribution in [0, 0.1) is 5.41 Å². The van der Waals surface area contributed by atoms with E-state index in [1.54, 1.807) is 6.07 Å². The highest BCUT2D eigenvalue weighted by molar-refractivity contribution is 5.97. The average molecular weight is 215 g/mol. The summed E-state index contributed by atoms with van der Waals surface area (Å²) in [7, 11) is 0. The van der Waals surface area contributed by atoms with Gasteiger partial charge in [-0.25, -0.2) is 0 Å². The molecule has 0 spiro atoms. The topological polar surface area (TPSA) is 59.1 Å². The Hall–Kier alpha value is -1.22. The number of nitrogens with one attached hydrogen (secondary N) is 1. The van der Waals surface area contributed by atoms with E-state index in [0.717, 1.165) is 0 Å². The highest BCUT2D eigenvalue weighted by atomic mass is 35.5. The highest BCUT2D eigenvalue weighted by Crippen LogP contribution is 2.18. The van der Waals surface area contributed by atoms with Crippen LogP contribution in [0.4, 0.5) is 0 Å². The second kappa shape index (κ2) is 5.50. The van der Waals surface area contributed by atoms with Gasteiger partial charge in [0.2, 0.25) is 0 Å². The lowest BCUT2D eigenvalue weighted by molar-refractivity contribution is 0.242. The van der Waals surface area contributed by atoms with Crippen molar-refractivity contribution >= 4 is 18.2 Å². The van der Waals surface area contributed by atoms with Crippen LogP contribution in [0.25, 0.3) is 0 Å². The molecule has 0 saturated heterocycles. The second-order valence-corrected chi connectivity index (χ2v) is 3.08. The van der Waals surface area contributed by atoms with Crippen LogP contribution in [0.3, 0.4) is 0 Å². The number of nitrogens with two attached hydrogens (primary N) is 1. The summed E-state index contributed by atoms with van der Waals surface area (Å²) in [6, 6.07) is 7.30. The molecule has 0 aromatic heterocycles. The molecule has 3 N–H and O–H groups in total. The molecule has 0 unspecified atom stereocenters. The van der Waals surface area contributed by atoms with Crippen molar-refractivity contribution in [3.05, 3.63) is 29.8 Å². The zero-order valence-corrected chi connectivity index (χ0v) is 9.10. The molecule has 0 aliphatic carbocycles. The smallest absolute Gasteiger partial charge is 0.130 e. The van der Waals surface area contributed by atoms with Gasteiger partial charge in [0.25, 0.3) is 0 Å². The predicted molar refractivity (Wildman–Crippen MR) is 60.5 cm³/mol. The normalized spacial score (nSPS) is 9.36. The zero-order chi connectivity index (χ0) is 9.84. The number of para-hydroxylation sites is 1. The molecule has 0 amide bonds.